The van der Waals surface area contributed by atoms with E-state index in [-0.39, 0.29) is 22.1 Å². The summed E-state index contributed by atoms with van der Waals surface area (Å²) in [6.45, 7) is 3.70. The van der Waals surface area contributed by atoms with E-state index >= 15 is 0 Å². The smallest absolute Gasteiger partial charge is 0.418 e. The van der Waals surface area contributed by atoms with Gasteiger partial charge in [0.05, 0.1) is 21.7 Å². The van der Waals surface area contributed by atoms with Gasteiger partial charge in [0.15, 0.2) is 9.84 Å². The fraction of sp³-hybridized carbons (Fsp3) is 0.182. The second-order valence-corrected chi connectivity index (χ2v) is 12.3. The minimum absolute atomic E-state index is 0.00178. The van der Waals surface area contributed by atoms with Crippen LogP contribution in [-0.4, -0.2) is 19.2 Å². The molecular formula is C33H28F3NO3S. The van der Waals surface area contributed by atoms with Crippen molar-refractivity contribution in [3.63, 3.8) is 0 Å². The van der Waals surface area contributed by atoms with Crippen molar-refractivity contribution in [1.82, 2.24) is 4.98 Å². The summed E-state index contributed by atoms with van der Waals surface area (Å²) in [6.07, 6.45) is -2.55. The summed E-state index contributed by atoms with van der Waals surface area (Å²) in [5.41, 5.74) is 2.20. The molecule has 8 heteroatoms. The minimum Gasteiger partial charge on any atom is -0.457 e. The SMILES string of the molecule is CC(C)CS(=O)(=O)c1ccc(Oc2cccc(-c3c(Cc4ccccc4)cnc4c(C(F)(F)F)cccc34)c2)cc1. The van der Waals surface area contributed by atoms with Gasteiger partial charge >= 0.3 is 6.18 Å². The largest absolute Gasteiger partial charge is 0.457 e. The molecule has 4 aromatic carbocycles. The van der Waals surface area contributed by atoms with Crippen LogP contribution in [0.4, 0.5) is 13.2 Å². The van der Waals surface area contributed by atoms with Crippen molar-refractivity contribution in [2.24, 2.45) is 5.92 Å². The second-order valence-electron chi connectivity index (χ2n) is 10.3. The third-order valence-corrected chi connectivity index (χ3v) is 8.71. The summed E-state index contributed by atoms with van der Waals surface area (Å²) in [5, 5.41) is 0.394. The van der Waals surface area contributed by atoms with Crippen molar-refractivity contribution in [1.29, 1.82) is 0 Å². The molecule has 4 nitrogen and oxygen atoms in total. The highest BCUT2D eigenvalue weighted by Crippen LogP contribution is 2.40. The standard InChI is InChI=1S/C33H28F3NO3S/c1-22(2)21-41(38,39)28-16-14-26(15-17-28)40-27-11-6-10-24(19-27)31-25(18-23-8-4-3-5-9-23)20-37-32-29(31)12-7-13-30(32)33(34,35)36/h3-17,19-20,22H,18,21H2,1-2H3. The second kappa shape index (κ2) is 11.4. The van der Waals surface area contributed by atoms with Crippen LogP contribution in [0, 0.1) is 5.92 Å². The van der Waals surface area contributed by atoms with Crippen LogP contribution >= 0.6 is 0 Å². The van der Waals surface area contributed by atoms with E-state index in [9.17, 15) is 21.6 Å². The van der Waals surface area contributed by atoms with Crippen LogP contribution in [0.3, 0.4) is 0 Å². The maximum absolute atomic E-state index is 13.9. The van der Waals surface area contributed by atoms with Crippen molar-refractivity contribution in [2.45, 2.75) is 31.3 Å². The Morgan fingerprint density at radius 2 is 1.54 bits per heavy atom. The van der Waals surface area contributed by atoms with E-state index in [2.05, 4.69) is 4.98 Å². The van der Waals surface area contributed by atoms with Crippen LogP contribution < -0.4 is 4.74 Å². The van der Waals surface area contributed by atoms with Crippen molar-refractivity contribution >= 4 is 20.7 Å². The monoisotopic (exact) mass is 575 g/mol. The van der Waals surface area contributed by atoms with Crippen LogP contribution in [-0.2, 0) is 22.4 Å². The Kier molecular flexibility index (Phi) is 7.87. The van der Waals surface area contributed by atoms with Gasteiger partial charge in [0, 0.05) is 11.6 Å². The first-order chi connectivity index (χ1) is 19.5. The first-order valence-electron chi connectivity index (χ1n) is 13.1. The molecule has 0 amide bonds. The number of hydrogen-bond donors (Lipinski definition) is 0. The van der Waals surface area contributed by atoms with Gasteiger partial charge < -0.3 is 4.74 Å². The highest BCUT2D eigenvalue weighted by Gasteiger charge is 2.33. The molecule has 0 fully saturated rings. The van der Waals surface area contributed by atoms with E-state index in [1.54, 1.807) is 36.4 Å². The Labute approximate surface area is 237 Å². The Hall–Kier alpha value is -4.17. The average molecular weight is 576 g/mol. The van der Waals surface area contributed by atoms with Gasteiger partial charge in [-0.05, 0) is 77.1 Å². The topological polar surface area (TPSA) is 56.3 Å². The van der Waals surface area contributed by atoms with Crippen LogP contribution in [0.15, 0.2) is 108 Å². The molecule has 0 aliphatic carbocycles. The van der Waals surface area contributed by atoms with Crippen molar-refractivity contribution < 1.29 is 26.3 Å². The average Bonchev–Trinajstić information content (AvgIpc) is 2.92. The van der Waals surface area contributed by atoms with Gasteiger partial charge in [-0.1, -0.05) is 68.4 Å². The quantitative estimate of drug-likeness (QED) is 0.186. The molecule has 1 heterocycles. The number of aromatic nitrogens is 1. The molecule has 0 aliphatic heterocycles. The number of hydrogen-bond acceptors (Lipinski definition) is 4. The first kappa shape index (κ1) is 28.4. The lowest BCUT2D eigenvalue weighted by atomic mass is 9.92. The highest BCUT2D eigenvalue weighted by atomic mass is 32.2. The van der Waals surface area contributed by atoms with Gasteiger partial charge in [0.25, 0.3) is 0 Å². The van der Waals surface area contributed by atoms with Gasteiger partial charge in [-0.3, -0.25) is 4.98 Å². The molecule has 210 valence electrons. The summed E-state index contributed by atoms with van der Waals surface area (Å²) in [5.74, 6) is 0.954. The summed E-state index contributed by atoms with van der Waals surface area (Å²) in [6, 6.07) is 27.1. The molecule has 0 saturated carbocycles. The van der Waals surface area contributed by atoms with Crippen LogP contribution in [0.2, 0.25) is 0 Å². The molecular weight excluding hydrogens is 547 g/mol. The van der Waals surface area contributed by atoms with Gasteiger partial charge in [-0.25, -0.2) is 8.42 Å². The summed E-state index contributed by atoms with van der Waals surface area (Å²) >= 11 is 0. The lowest BCUT2D eigenvalue weighted by molar-refractivity contribution is -0.136. The predicted octanol–water partition coefficient (Wildman–Crippen LogP) is 8.73. The van der Waals surface area contributed by atoms with Crippen molar-refractivity contribution in [2.75, 3.05) is 5.75 Å². The molecule has 1 aromatic heterocycles. The number of pyridine rings is 1. The van der Waals surface area contributed by atoms with Gasteiger partial charge in [-0.15, -0.1) is 0 Å². The number of benzene rings is 4. The molecule has 0 unspecified atom stereocenters. The molecule has 0 aliphatic rings. The maximum atomic E-state index is 13.9. The Morgan fingerprint density at radius 1 is 0.829 bits per heavy atom. The number of sulfone groups is 1. The van der Waals surface area contributed by atoms with E-state index in [1.165, 1.54) is 24.4 Å². The van der Waals surface area contributed by atoms with Crippen LogP contribution in [0.5, 0.6) is 11.5 Å². The molecule has 0 spiro atoms. The van der Waals surface area contributed by atoms with Gasteiger partial charge in [-0.2, -0.15) is 13.2 Å². The molecule has 0 radical (unpaired) electrons. The van der Waals surface area contributed by atoms with Gasteiger partial charge in [0.2, 0.25) is 0 Å². The van der Waals surface area contributed by atoms with E-state index in [4.69, 9.17) is 4.74 Å². The molecule has 5 aromatic rings. The third kappa shape index (κ3) is 6.43. The van der Waals surface area contributed by atoms with Crippen LogP contribution in [0.25, 0.3) is 22.0 Å². The lowest BCUT2D eigenvalue weighted by Gasteiger charge is -2.17. The van der Waals surface area contributed by atoms with E-state index in [1.807, 2.05) is 50.2 Å². The number of halogens is 3. The molecule has 5 rings (SSSR count). The zero-order chi connectivity index (χ0) is 29.2. The zero-order valence-electron chi connectivity index (χ0n) is 22.5. The fourth-order valence-electron chi connectivity index (χ4n) is 4.89. The fourth-order valence-corrected chi connectivity index (χ4v) is 6.51. The van der Waals surface area contributed by atoms with Crippen molar-refractivity contribution in [3.8, 4) is 22.6 Å². The number of alkyl halides is 3. The lowest BCUT2D eigenvalue weighted by Crippen LogP contribution is -2.11. The zero-order valence-corrected chi connectivity index (χ0v) is 23.3. The Balaban J connectivity index is 1.56. The summed E-state index contributed by atoms with van der Waals surface area (Å²) in [7, 11) is -3.40. The number of ether oxygens (including phenoxy) is 1. The predicted molar refractivity (Wildman–Crippen MR) is 155 cm³/mol. The molecule has 0 bridgehead atoms. The Bertz CT molecular complexity index is 1780. The highest BCUT2D eigenvalue weighted by molar-refractivity contribution is 7.91. The summed E-state index contributed by atoms with van der Waals surface area (Å²) < 4.78 is 72.8. The number of nitrogens with zero attached hydrogens (tertiary/aromatic N) is 1. The van der Waals surface area contributed by atoms with E-state index in [0.29, 0.717) is 34.4 Å². The maximum Gasteiger partial charge on any atom is 0.418 e. The molecule has 0 saturated heterocycles. The van der Waals surface area contributed by atoms with Crippen LogP contribution in [0.1, 0.15) is 30.5 Å². The number of rotatable bonds is 8. The Morgan fingerprint density at radius 3 is 2.22 bits per heavy atom. The normalized spacial score (nSPS) is 12.1. The van der Waals surface area contributed by atoms with E-state index < -0.39 is 21.6 Å². The third-order valence-electron chi connectivity index (χ3n) is 6.61. The summed E-state index contributed by atoms with van der Waals surface area (Å²) in [4.78, 5) is 4.49. The number of fused-ring (bicyclic) bond motifs is 1. The molecule has 0 atom stereocenters. The minimum atomic E-state index is -4.55. The molecule has 41 heavy (non-hydrogen) atoms. The number of para-hydroxylation sites is 1. The molecule has 0 N–H and O–H groups in total. The van der Waals surface area contributed by atoms with Crippen molar-refractivity contribution in [3.05, 3.63) is 120 Å². The first-order valence-corrected chi connectivity index (χ1v) is 14.8. The van der Waals surface area contributed by atoms with E-state index in [0.717, 1.165) is 17.2 Å². The van der Waals surface area contributed by atoms with Gasteiger partial charge in [0.1, 0.15) is 11.5 Å².